The van der Waals surface area contributed by atoms with Gasteiger partial charge in [-0.2, -0.15) is 8.42 Å². The van der Waals surface area contributed by atoms with Crippen molar-refractivity contribution in [3.63, 3.8) is 0 Å². The third-order valence-electron chi connectivity index (χ3n) is 4.43. The van der Waals surface area contributed by atoms with E-state index in [2.05, 4.69) is 0 Å². The zero-order chi connectivity index (χ0) is 21.6. The molecule has 0 fully saturated rings. The van der Waals surface area contributed by atoms with Gasteiger partial charge in [-0.25, -0.2) is 0 Å². The predicted octanol–water partition coefficient (Wildman–Crippen LogP) is 5.89. The van der Waals surface area contributed by atoms with Crippen molar-refractivity contribution in [2.45, 2.75) is 4.75 Å². The van der Waals surface area contributed by atoms with E-state index < -0.39 is 26.4 Å². The summed E-state index contributed by atoms with van der Waals surface area (Å²) < 4.78 is 34.0. The van der Waals surface area contributed by atoms with Crippen molar-refractivity contribution in [3.8, 4) is 11.5 Å². The van der Waals surface area contributed by atoms with Crippen molar-refractivity contribution in [1.82, 2.24) is 0 Å². The Morgan fingerprint density at radius 1 is 0.759 bits per heavy atom. The number of aromatic hydroxyl groups is 2. The average molecular weight is 494 g/mol. The molecule has 0 saturated heterocycles. The van der Waals surface area contributed by atoms with Crippen LogP contribution in [0.4, 0.5) is 0 Å². The lowest BCUT2D eigenvalue weighted by Gasteiger charge is -2.33. The van der Waals surface area contributed by atoms with Gasteiger partial charge in [-0.1, -0.05) is 82.8 Å². The third kappa shape index (κ3) is 3.54. The molecule has 0 spiro atoms. The van der Waals surface area contributed by atoms with E-state index in [1.54, 1.807) is 18.2 Å². The highest BCUT2D eigenvalue weighted by molar-refractivity contribution is 7.87. The summed E-state index contributed by atoms with van der Waals surface area (Å²) in [6.07, 6.45) is 0. The van der Waals surface area contributed by atoms with E-state index in [1.807, 2.05) is 0 Å². The molecule has 3 rings (SSSR count). The second-order valence-corrected chi connectivity index (χ2v) is 9.20. The largest absolute Gasteiger partial charge is 0.504 e. The summed E-state index contributed by atoms with van der Waals surface area (Å²) in [6, 6.07) is 12.4. The fourth-order valence-electron chi connectivity index (χ4n) is 3.17. The molecule has 0 radical (unpaired) electrons. The molecule has 1 unspecified atom stereocenters. The molecule has 0 aliphatic rings. The van der Waals surface area contributed by atoms with Gasteiger partial charge in [-0.15, -0.1) is 0 Å². The van der Waals surface area contributed by atoms with Crippen LogP contribution in [0.3, 0.4) is 0 Å². The Hall–Kier alpha value is -1.67. The van der Waals surface area contributed by atoms with Gasteiger partial charge < -0.3 is 10.2 Å². The molecule has 0 aromatic heterocycles. The Morgan fingerprint density at radius 3 is 1.93 bits per heavy atom. The van der Waals surface area contributed by atoms with E-state index in [1.165, 1.54) is 24.3 Å². The van der Waals surface area contributed by atoms with Crippen molar-refractivity contribution in [1.29, 1.82) is 0 Å². The highest BCUT2D eigenvalue weighted by atomic mass is 35.5. The first-order valence-corrected chi connectivity index (χ1v) is 10.9. The van der Waals surface area contributed by atoms with Crippen LogP contribution in [-0.4, -0.2) is 23.2 Å². The molecule has 3 aromatic rings. The summed E-state index contributed by atoms with van der Waals surface area (Å²) in [7, 11) is -5.02. The smallest absolute Gasteiger partial charge is 0.283 e. The van der Waals surface area contributed by atoms with E-state index in [4.69, 9.17) is 46.4 Å². The maximum Gasteiger partial charge on any atom is 0.283 e. The molecule has 0 amide bonds. The third-order valence-corrected chi connectivity index (χ3v) is 7.48. The highest BCUT2D eigenvalue weighted by Crippen LogP contribution is 2.51. The van der Waals surface area contributed by atoms with Crippen LogP contribution >= 0.6 is 46.4 Å². The first-order valence-electron chi connectivity index (χ1n) is 7.90. The van der Waals surface area contributed by atoms with Gasteiger partial charge in [-0.3, -0.25) is 4.55 Å². The molecule has 3 N–H and O–H groups in total. The normalized spacial score (nSPS) is 13.8. The van der Waals surface area contributed by atoms with Crippen LogP contribution in [0.1, 0.15) is 16.7 Å². The van der Waals surface area contributed by atoms with E-state index >= 15 is 0 Å². The van der Waals surface area contributed by atoms with Crippen molar-refractivity contribution < 1.29 is 23.2 Å². The zero-order valence-corrected chi connectivity index (χ0v) is 18.1. The lowest BCUT2D eigenvalue weighted by molar-refractivity contribution is 0.402. The minimum atomic E-state index is -5.02. The fraction of sp³-hybridized carbons (Fsp3) is 0.0526. The number of hydrogen-bond acceptors (Lipinski definition) is 4. The Kier molecular flexibility index (Phi) is 5.98. The van der Waals surface area contributed by atoms with Crippen LogP contribution in [0.2, 0.25) is 20.1 Å². The number of phenolic OH excluding ortho intramolecular Hbond substituents is 2. The molecular formula is C19H12Cl4O5S. The summed E-state index contributed by atoms with van der Waals surface area (Å²) in [5.41, 5.74) is -0.209. The number of rotatable bonds is 4. The topological polar surface area (TPSA) is 94.8 Å². The Bertz CT molecular complexity index is 1180. The van der Waals surface area contributed by atoms with Crippen LogP contribution in [0.15, 0.2) is 54.6 Å². The average Bonchev–Trinajstić information content (AvgIpc) is 2.66. The van der Waals surface area contributed by atoms with Gasteiger partial charge >= 0.3 is 0 Å². The SMILES string of the molecule is O=S(=O)(O)C(c1ccccc1)(c1cc(O)c(O)c(Cl)c1)c1ccc(Cl)c(Cl)c1Cl. The summed E-state index contributed by atoms with van der Waals surface area (Å²) in [5.74, 6) is -1.33. The summed E-state index contributed by atoms with van der Waals surface area (Å²) >= 11 is 24.5. The van der Waals surface area contributed by atoms with Gasteiger partial charge in [0.2, 0.25) is 0 Å². The van der Waals surface area contributed by atoms with Gasteiger partial charge in [0.25, 0.3) is 10.1 Å². The number of benzene rings is 3. The molecule has 10 heteroatoms. The van der Waals surface area contributed by atoms with Gasteiger partial charge in [0, 0.05) is 5.56 Å². The van der Waals surface area contributed by atoms with Crippen LogP contribution in [0, 0.1) is 0 Å². The molecule has 0 saturated carbocycles. The molecule has 0 aliphatic carbocycles. The minimum absolute atomic E-state index is 0.0734. The van der Waals surface area contributed by atoms with Crippen LogP contribution in [0.5, 0.6) is 11.5 Å². The van der Waals surface area contributed by atoms with E-state index in [0.29, 0.717) is 0 Å². The number of halogens is 4. The molecule has 0 bridgehead atoms. The number of phenols is 2. The van der Waals surface area contributed by atoms with Gasteiger partial charge in [-0.05, 0) is 29.3 Å². The molecule has 0 aliphatic heterocycles. The molecule has 5 nitrogen and oxygen atoms in total. The van der Waals surface area contributed by atoms with Crippen molar-refractivity contribution in [3.05, 3.63) is 91.4 Å². The molecule has 0 heterocycles. The number of hydrogen-bond donors (Lipinski definition) is 3. The fourth-order valence-corrected chi connectivity index (χ4v) is 5.42. The first kappa shape index (κ1) is 22.0. The lowest BCUT2D eigenvalue weighted by Crippen LogP contribution is -2.38. The molecular weight excluding hydrogens is 482 g/mol. The van der Waals surface area contributed by atoms with Crippen molar-refractivity contribution in [2.75, 3.05) is 0 Å². The first-order chi connectivity index (χ1) is 13.5. The molecule has 1 atom stereocenters. The van der Waals surface area contributed by atoms with E-state index in [0.717, 1.165) is 12.1 Å². The molecule has 29 heavy (non-hydrogen) atoms. The monoisotopic (exact) mass is 492 g/mol. The Labute approximate surface area is 186 Å². The van der Waals surface area contributed by atoms with Gasteiger partial charge in [0.1, 0.15) is 0 Å². The second-order valence-electron chi connectivity index (χ2n) is 6.07. The van der Waals surface area contributed by atoms with Crippen LogP contribution in [-0.2, 0) is 14.9 Å². The highest BCUT2D eigenvalue weighted by Gasteiger charge is 2.50. The second kappa shape index (κ2) is 7.87. The van der Waals surface area contributed by atoms with E-state index in [-0.39, 0.29) is 36.8 Å². The quantitative estimate of drug-likeness (QED) is 0.182. The predicted molar refractivity (Wildman–Crippen MR) is 114 cm³/mol. The lowest BCUT2D eigenvalue weighted by atomic mass is 9.83. The molecule has 152 valence electrons. The standard InChI is InChI=1S/C19H12Cl4O5S/c20-13-7-6-12(16(22)17(13)23)19(29(26,27)28,10-4-2-1-3-5-10)11-8-14(21)18(25)15(24)9-11/h1-9,24-25H,(H,26,27,28). The van der Waals surface area contributed by atoms with Crippen LogP contribution < -0.4 is 0 Å². The minimum Gasteiger partial charge on any atom is -0.504 e. The van der Waals surface area contributed by atoms with Crippen molar-refractivity contribution in [2.24, 2.45) is 0 Å². The summed E-state index contributed by atoms with van der Waals surface area (Å²) in [6.45, 7) is 0. The summed E-state index contributed by atoms with van der Waals surface area (Å²) in [4.78, 5) is 0. The van der Waals surface area contributed by atoms with Gasteiger partial charge in [0.05, 0.1) is 20.1 Å². The van der Waals surface area contributed by atoms with Crippen molar-refractivity contribution >= 4 is 56.5 Å². The summed E-state index contributed by atoms with van der Waals surface area (Å²) in [5, 5.41) is 19.3. The Morgan fingerprint density at radius 2 is 1.38 bits per heavy atom. The zero-order valence-electron chi connectivity index (χ0n) is 14.3. The Balaban J connectivity index is 2.60. The molecule has 3 aromatic carbocycles. The maximum atomic E-state index is 12.9. The van der Waals surface area contributed by atoms with Crippen LogP contribution in [0.25, 0.3) is 0 Å². The maximum absolute atomic E-state index is 12.9. The van der Waals surface area contributed by atoms with E-state index in [9.17, 15) is 23.2 Å². The van der Waals surface area contributed by atoms with Gasteiger partial charge in [0.15, 0.2) is 16.2 Å².